The van der Waals surface area contributed by atoms with Gasteiger partial charge in [0.05, 0.1) is 0 Å². The zero-order chi connectivity index (χ0) is 15.8. The third-order valence-corrected chi connectivity index (χ3v) is 3.49. The molecule has 2 N–H and O–H groups in total. The standard InChI is InChI=1S/C18H19ClN2O/c1-14-5-2-3-7-16(14)10-12-21-18(22)20-11-9-15-6-4-8-17(19)13-15/h2-8,10,12-13H,9,11H2,1H3,(H2,20,21,22)/b12-10+. The molecule has 0 bridgehead atoms. The van der Waals surface area contributed by atoms with E-state index in [2.05, 4.69) is 10.6 Å². The molecule has 0 aliphatic heterocycles. The molecule has 0 heterocycles. The summed E-state index contributed by atoms with van der Waals surface area (Å²) in [7, 11) is 0. The predicted molar refractivity (Wildman–Crippen MR) is 91.9 cm³/mol. The van der Waals surface area contributed by atoms with Gasteiger partial charge >= 0.3 is 6.03 Å². The van der Waals surface area contributed by atoms with Gasteiger partial charge in [-0.15, -0.1) is 0 Å². The van der Waals surface area contributed by atoms with Crippen LogP contribution >= 0.6 is 11.6 Å². The van der Waals surface area contributed by atoms with Crippen LogP contribution in [0.2, 0.25) is 5.02 Å². The van der Waals surface area contributed by atoms with Gasteiger partial charge in [0, 0.05) is 17.8 Å². The molecule has 0 radical (unpaired) electrons. The van der Waals surface area contributed by atoms with Crippen molar-refractivity contribution in [2.45, 2.75) is 13.3 Å². The van der Waals surface area contributed by atoms with Crippen LogP contribution < -0.4 is 10.6 Å². The smallest absolute Gasteiger partial charge is 0.318 e. The van der Waals surface area contributed by atoms with Crippen LogP contribution in [-0.4, -0.2) is 12.6 Å². The molecule has 0 spiro atoms. The SMILES string of the molecule is Cc1ccccc1/C=C/NC(=O)NCCc1cccc(Cl)c1. The van der Waals surface area contributed by atoms with E-state index in [-0.39, 0.29) is 6.03 Å². The van der Waals surface area contributed by atoms with Crippen molar-refractivity contribution < 1.29 is 4.79 Å². The highest BCUT2D eigenvalue weighted by Gasteiger charge is 1.98. The summed E-state index contributed by atoms with van der Waals surface area (Å²) in [6.07, 6.45) is 4.28. The highest BCUT2D eigenvalue weighted by molar-refractivity contribution is 6.30. The second-order valence-corrected chi connectivity index (χ2v) is 5.41. The first-order chi connectivity index (χ1) is 10.6. The van der Waals surface area contributed by atoms with E-state index in [9.17, 15) is 4.79 Å². The van der Waals surface area contributed by atoms with Crippen molar-refractivity contribution in [3.8, 4) is 0 Å². The number of urea groups is 1. The van der Waals surface area contributed by atoms with Crippen molar-refractivity contribution in [3.05, 3.63) is 76.4 Å². The Morgan fingerprint density at radius 2 is 2.00 bits per heavy atom. The molecular weight excluding hydrogens is 296 g/mol. The number of nitrogens with one attached hydrogen (secondary N) is 2. The number of halogens is 1. The minimum Gasteiger partial charge on any atom is -0.338 e. The van der Waals surface area contributed by atoms with Gasteiger partial charge in [0.25, 0.3) is 0 Å². The van der Waals surface area contributed by atoms with Gasteiger partial charge in [-0.3, -0.25) is 0 Å². The normalized spacial score (nSPS) is 10.6. The lowest BCUT2D eigenvalue weighted by Crippen LogP contribution is -2.33. The van der Waals surface area contributed by atoms with Gasteiger partial charge < -0.3 is 10.6 Å². The van der Waals surface area contributed by atoms with Gasteiger partial charge in [-0.1, -0.05) is 48.0 Å². The minimum absolute atomic E-state index is 0.216. The number of carbonyl (C=O) groups is 1. The highest BCUT2D eigenvalue weighted by atomic mass is 35.5. The van der Waals surface area contributed by atoms with Crippen molar-refractivity contribution in [1.29, 1.82) is 0 Å². The zero-order valence-electron chi connectivity index (χ0n) is 12.5. The maximum Gasteiger partial charge on any atom is 0.318 e. The number of amides is 2. The summed E-state index contributed by atoms with van der Waals surface area (Å²) in [5.41, 5.74) is 3.35. The summed E-state index contributed by atoms with van der Waals surface area (Å²) in [5.74, 6) is 0. The van der Waals surface area contributed by atoms with E-state index in [1.807, 2.05) is 61.5 Å². The van der Waals surface area contributed by atoms with Crippen molar-refractivity contribution >= 4 is 23.7 Å². The van der Waals surface area contributed by atoms with E-state index in [0.29, 0.717) is 11.6 Å². The average Bonchev–Trinajstić information content (AvgIpc) is 2.49. The molecule has 0 unspecified atom stereocenters. The van der Waals surface area contributed by atoms with Gasteiger partial charge in [-0.2, -0.15) is 0 Å². The van der Waals surface area contributed by atoms with E-state index in [4.69, 9.17) is 11.6 Å². The number of rotatable bonds is 5. The topological polar surface area (TPSA) is 41.1 Å². The third kappa shape index (κ3) is 5.26. The maximum atomic E-state index is 11.7. The fraction of sp³-hybridized carbons (Fsp3) is 0.167. The first-order valence-corrected chi connectivity index (χ1v) is 7.54. The van der Waals surface area contributed by atoms with Crippen molar-refractivity contribution in [1.82, 2.24) is 10.6 Å². The Bertz CT molecular complexity index is 668. The molecule has 0 atom stereocenters. The van der Waals surface area contributed by atoms with Crippen LogP contribution in [0, 0.1) is 6.92 Å². The average molecular weight is 315 g/mol. The fourth-order valence-electron chi connectivity index (χ4n) is 2.04. The van der Waals surface area contributed by atoms with Gasteiger partial charge in [0.1, 0.15) is 0 Å². The van der Waals surface area contributed by atoms with Crippen LogP contribution in [0.4, 0.5) is 4.79 Å². The summed E-state index contributed by atoms with van der Waals surface area (Å²) in [6, 6.07) is 15.4. The molecule has 2 amide bonds. The number of aryl methyl sites for hydroxylation is 1. The predicted octanol–water partition coefficient (Wildman–Crippen LogP) is 4.16. The lowest BCUT2D eigenvalue weighted by Gasteiger charge is -2.05. The van der Waals surface area contributed by atoms with Gasteiger partial charge in [0.15, 0.2) is 0 Å². The van der Waals surface area contributed by atoms with Crippen LogP contribution in [0.1, 0.15) is 16.7 Å². The van der Waals surface area contributed by atoms with Crippen LogP contribution in [0.15, 0.2) is 54.7 Å². The quantitative estimate of drug-likeness (QED) is 0.854. The molecule has 0 saturated carbocycles. The Kier molecular flexibility index (Phi) is 6.04. The Morgan fingerprint density at radius 1 is 1.18 bits per heavy atom. The lowest BCUT2D eigenvalue weighted by atomic mass is 10.1. The molecular formula is C18H19ClN2O. The first kappa shape index (κ1) is 16.1. The molecule has 22 heavy (non-hydrogen) atoms. The zero-order valence-corrected chi connectivity index (χ0v) is 13.2. The monoisotopic (exact) mass is 314 g/mol. The number of benzene rings is 2. The fourth-order valence-corrected chi connectivity index (χ4v) is 2.26. The van der Waals surface area contributed by atoms with Gasteiger partial charge in [0.2, 0.25) is 0 Å². The molecule has 3 nitrogen and oxygen atoms in total. The van der Waals surface area contributed by atoms with Crippen LogP contribution in [0.25, 0.3) is 6.08 Å². The van der Waals surface area contributed by atoms with Gasteiger partial charge in [-0.25, -0.2) is 4.79 Å². The Labute approximate surface area is 136 Å². The second-order valence-electron chi connectivity index (χ2n) is 4.97. The second kappa shape index (κ2) is 8.25. The van der Waals surface area contributed by atoms with Crippen LogP contribution in [0.3, 0.4) is 0 Å². The van der Waals surface area contributed by atoms with Crippen molar-refractivity contribution in [2.75, 3.05) is 6.54 Å². The maximum absolute atomic E-state index is 11.7. The summed E-state index contributed by atoms with van der Waals surface area (Å²) in [5, 5.41) is 6.22. The number of carbonyl (C=O) groups excluding carboxylic acids is 1. The molecule has 2 aromatic rings. The van der Waals surface area contributed by atoms with E-state index in [1.165, 1.54) is 5.56 Å². The molecule has 0 aliphatic carbocycles. The Hall–Kier alpha value is -2.26. The Morgan fingerprint density at radius 3 is 2.77 bits per heavy atom. The number of hydrogen-bond donors (Lipinski definition) is 2. The van der Waals surface area contributed by atoms with E-state index >= 15 is 0 Å². The highest BCUT2D eigenvalue weighted by Crippen LogP contribution is 2.10. The van der Waals surface area contributed by atoms with E-state index in [1.54, 1.807) is 6.20 Å². The Balaban J connectivity index is 1.73. The van der Waals surface area contributed by atoms with E-state index in [0.717, 1.165) is 17.5 Å². The molecule has 2 aromatic carbocycles. The summed E-state index contributed by atoms with van der Waals surface area (Å²) < 4.78 is 0. The third-order valence-electron chi connectivity index (χ3n) is 3.25. The molecule has 0 fully saturated rings. The summed E-state index contributed by atoms with van der Waals surface area (Å²) >= 11 is 5.92. The molecule has 0 saturated heterocycles. The molecule has 4 heteroatoms. The van der Waals surface area contributed by atoms with E-state index < -0.39 is 0 Å². The first-order valence-electron chi connectivity index (χ1n) is 7.16. The summed E-state index contributed by atoms with van der Waals surface area (Å²) in [4.78, 5) is 11.7. The molecule has 0 aliphatic rings. The minimum atomic E-state index is -0.216. The molecule has 114 valence electrons. The molecule has 2 rings (SSSR count). The van der Waals surface area contributed by atoms with Crippen molar-refractivity contribution in [2.24, 2.45) is 0 Å². The van der Waals surface area contributed by atoms with Gasteiger partial charge in [-0.05, 0) is 48.2 Å². The largest absolute Gasteiger partial charge is 0.338 e. The van der Waals surface area contributed by atoms with Crippen LogP contribution in [0.5, 0.6) is 0 Å². The molecule has 0 aromatic heterocycles. The summed E-state index contributed by atoms with van der Waals surface area (Å²) in [6.45, 7) is 2.59. The van der Waals surface area contributed by atoms with Crippen LogP contribution in [-0.2, 0) is 6.42 Å². The lowest BCUT2D eigenvalue weighted by molar-refractivity contribution is 0.244. The number of hydrogen-bond acceptors (Lipinski definition) is 1. The van der Waals surface area contributed by atoms with Crippen molar-refractivity contribution in [3.63, 3.8) is 0 Å².